The van der Waals surface area contributed by atoms with E-state index in [1.807, 2.05) is 32.0 Å². The van der Waals surface area contributed by atoms with Crippen LogP contribution in [0.2, 0.25) is 0 Å². The van der Waals surface area contributed by atoms with E-state index in [9.17, 15) is 13.2 Å². The lowest BCUT2D eigenvalue weighted by molar-refractivity contribution is -0.122. The molecule has 1 aromatic heterocycles. The highest BCUT2D eigenvalue weighted by Crippen LogP contribution is 2.21. The third-order valence-corrected chi connectivity index (χ3v) is 6.42. The van der Waals surface area contributed by atoms with Crippen LogP contribution in [0.5, 0.6) is 5.75 Å². The van der Waals surface area contributed by atoms with E-state index in [1.165, 1.54) is 41.8 Å². The van der Waals surface area contributed by atoms with Gasteiger partial charge in [0, 0.05) is 17.3 Å². The Morgan fingerprint density at radius 3 is 2.45 bits per heavy atom. The van der Waals surface area contributed by atoms with E-state index in [0.29, 0.717) is 16.6 Å². The molecule has 1 atom stereocenters. The predicted molar refractivity (Wildman–Crippen MR) is 114 cm³/mol. The van der Waals surface area contributed by atoms with E-state index < -0.39 is 16.1 Å². The van der Waals surface area contributed by atoms with Gasteiger partial charge in [0.1, 0.15) is 5.75 Å². The van der Waals surface area contributed by atoms with Crippen molar-refractivity contribution < 1.29 is 17.9 Å². The van der Waals surface area contributed by atoms with Gasteiger partial charge in [-0.25, -0.2) is 13.4 Å². The van der Waals surface area contributed by atoms with E-state index in [1.54, 1.807) is 12.3 Å². The summed E-state index contributed by atoms with van der Waals surface area (Å²) in [5.74, 6) is 0.283. The molecule has 152 valence electrons. The number of aromatic nitrogens is 1. The molecule has 3 aromatic rings. The highest BCUT2D eigenvalue weighted by atomic mass is 32.2. The average Bonchev–Trinajstić information content (AvgIpc) is 3.17. The lowest BCUT2D eigenvalue weighted by Crippen LogP contribution is -2.30. The third-order valence-electron chi connectivity index (χ3n) is 4.25. The number of aryl methyl sites for hydroxylation is 2. The Labute approximate surface area is 173 Å². The van der Waals surface area contributed by atoms with Crippen molar-refractivity contribution in [1.29, 1.82) is 0 Å². The fourth-order valence-corrected chi connectivity index (χ4v) is 4.24. The van der Waals surface area contributed by atoms with Crippen LogP contribution in [-0.4, -0.2) is 25.4 Å². The summed E-state index contributed by atoms with van der Waals surface area (Å²) in [6, 6.07) is 11.5. The molecule has 0 aliphatic rings. The number of carbonyl (C=O) groups excluding carboxylic acids is 1. The van der Waals surface area contributed by atoms with Crippen molar-refractivity contribution >= 4 is 38.1 Å². The molecule has 7 nitrogen and oxygen atoms in total. The van der Waals surface area contributed by atoms with Gasteiger partial charge in [-0.3, -0.25) is 9.52 Å². The van der Waals surface area contributed by atoms with Gasteiger partial charge in [-0.2, -0.15) is 0 Å². The number of ether oxygens (including phenoxy) is 1. The summed E-state index contributed by atoms with van der Waals surface area (Å²) in [6.07, 6.45) is 0.801. The molecule has 9 heteroatoms. The summed E-state index contributed by atoms with van der Waals surface area (Å²) >= 11 is 1.19. The number of nitrogens with zero attached hydrogens (tertiary/aromatic N) is 1. The lowest BCUT2D eigenvalue weighted by Gasteiger charge is -2.16. The second kappa shape index (κ2) is 8.62. The van der Waals surface area contributed by atoms with Gasteiger partial charge in [0.15, 0.2) is 11.2 Å². The third kappa shape index (κ3) is 5.33. The normalized spacial score (nSPS) is 12.2. The first kappa shape index (κ1) is 20.8. The Morgan fingerprint density at radius 2 is 1.83 bits per heavy atom. The highest BCUT2D eigenvalue weighted by Gasteiger charge is 2.18. The fraction of sp³-hybridized carbons (Fsp3) is 0.200. The maximum atomic E-state index is 12.4. The van der Waals surface area contributed by atoms with Crippen LogP contribution in [0.25, 0.3) is 0 Å². The Balaban J connectivity index is 1.62. The van der Waals surface area contributed by atoms with Crippen LogP contribution in [-0.2, 0) is 14.8 Å². The summed E-state index contributed by atoms with van der Waals surface area (Å²) < 4.78 is 32.8. The van der Waals surface area contributed by atoms with Crippen LogP contribution in [0.3, 0.4) is 0 Å². The molecule has 2 N–H and O–H groups in total. The van der Waals surface area contributed by atoms with Gasteiger partial charge in [0.2, 0.25) is 0 Å². The van der Waals surface area contributed by atoms with Gasteiger partial charge >= 0.3 is 0 Å². The Kier molecular flexibility index (Phi) is 6.19. The molecule has 3 rings (SSSR count). The van der Waals surface area contributed by atoms with Crippen molar-refractivity contribution in [1.82, 2.24) is 4.98 Å². The maximum absolute atomic E-state index is 12.4. The highest BCUT2D eigenvalue weighted by molar-refractivity contribution is 7.93. The van der Waals surface area contributed by atoms with Crippen LogP contribution in [0, 0.1) is 13.8 Å². The molecule has 0 spiro atoms. The Morgan fingerprint density at radius 1 is 1.10 bits per heavy atom. The van der Waals surface area contributed by atoms with Gasteiger partial charge < -0.3 is 10.1 Å². The number of rotatable bonds is 7. The second-order valence-electron chi connectivity index (χ2n) is 6.46. The molecule has 2 aromatic carbocycles. The van der Waals surface area contributed by atoms with Crippen LogP contribution >= 0.6 is 11.3 Å². The molecule has 0 radical (unpaired) electrons. The van der Waals surface area contributed by atoms with Crippen molar-refractivity contribution in [3.05, 3.63) is 65.2 Å². The van der Waals surface area contributed by atoms with E-state index >= 15 is 0 Å². The quantitative estimate of drug-likeness (QED) is 0.590. The SMILES string of the molecule is Cc1ccc(O[C@@H](C)C(=O)Nc2ccc(S(=O)(=O)Nc3nccs3)cc2)cc1C. The molecule has 0 unspecified atom stereocenters. The number of sulfonamides is 1. The smallest absolute Gasteiger partial charge is 0.265 e. The molecule has 1 heterocycles. The number of amides is 1. The molecule has 0 saturated carbocycles. The molecule has 0 saturated heterocycles. The number of hydrogen-bond donors (Lipinski definition) is 2. The molecule has 0 bridgehead atoms. The van der Waals surface area contributed by atoms with Crippen LogP contribution in [0.4, 0.5) is 10.8 Å². The van der Waals surface area contributed by atoms with Gasteiger partial charge in [-0.1, -0.05) is 6.07 Å². The van der Waals surface area contributed by atoms with Gasteiger partial charge in [-0.15, -0.1) is 11.3 Å². The lowest BCUT2D eigenvalue weighted by atomic mass is 10.1. The van der Waals surface area contributed by atoms with Crippen molar-refractivity contribution in [2.45, 2.75) is 31.8 Å². The van der Waals surface area contributed by atoms with Crippen molar-refractivity contribution in [2.24, 2.45) is 0 Å². The largest absolute Gasteiger partial charge is 0.481 e. The monoisotopic (exact) mass is 431 g/mol. The number of benzene rings is 2. The zero-order chi connectivity index (χ0) is 21.0. The van der Waals surface area contributed by atoms with E-state index in [0.717, 1.165) is 11.1 Å². The van der Waals surface area contributed by atoms with Crippen LogP contribution < -0.4 is 14.8 Å². The first-order valence-electron chi connectivity index (χ1n) is 8.82. The van der Waals surface area contributed by atoms with E-state index in [4.69, 9.17) is 4.74 Å². The number of anilines is 2. The fourth-order valence-electron chi connectivity index (χ4n) is 2.45. The minimum Gasteiger partial charge on any atom is -0.481 e. The zero-order valence-electron chi connectivity index (χ0n) is 16.2. The average molecular weight is 432 g/mol. The maximum Gasteiger partial charge on any atom is 0.265 e. The predicted octanol–water partition coefficient (Wildman–Crippen LogP) is 3.97. The minimum atomic E-state index is -3.73. The zero-order valence-corrected chi connectivity index (χ0v) is 17.8. The second-order valence-corrected chi connectivity index (χ2v) is 9.04. The van der Waals surface area contributed by atoms with E-state index in [-0.39, 0.29) is 10.8 Å². The Bertz CT molecular complexity index is 1100. The summed E-state index contributed by atoms with van der Waals surface area (Å²) in [4.78, 5) is 16.4. The molecule has 1 amide bonds. The summed E-state index contributed by atoms with van der Waals surface area (Å²) in [6.45, 7) is 5.64. The number of thiazole rings is 1. The van der Waals surface area contributed by atoms with Crippen molar-refractivity contribution in [3.63, 3.8) is 0 Å². The molecular weight excluding hydrogens is 410 g/mol. The topological polar surface area (TPSA) is 97.4 Å². The molecule has 0 fully saturated rings. The molecule has 0 aliphatic carbocycles. The molecule has 0 aliphatic heterocycles. The summed E-state index contributed by atoms with van der Waals surface area (Å²) in [7, 11) is -3.73. The van der Waals surface area contributed by atoms with Crippen LogP contribution in [0.15, 0.2) is 58.9 Å². The first-order valence-corrected chi connectivity index (χ1v) is 11.2. The van der Waals surface area contributed by atoms with Crippen LogP contribution in [0.1, 0.15) is 18.1 Å². The van der Waals surface area contributed by atoms with E-state index in [2.05, 4.69) is 15.0 Å². The van der Waals surface area contributed by atoms with Gasteiger partial charge in [0.25, 0.3) is 15.9 Å². The summed E-state index contributed by atoms with van der Waals surface area (Å²) in [5.41, 5.74) is 2.70. The number of hydrogen-bond acceptors (Lipinski definition) is 6. The minimum absolute atomic E-state index is 0.0742. The Hall–Kier alpha value is -2.91. The van der Waals surface area contributed by atoms with Crippen molar-refractivity contribution in [2.75, 3.05) is 10.0 Å². The molecular formula is C20H21N3O4S2. The number of nitrogens with one attached hydrogen (secondary N) is 2. The van der Waals surface area contributed by atoms with Crippen molar-refractivity contribution in [3.8, 4) is 5.75 Å². The van der Waals surface area contributed by atoms with Gasteiger partial charge in [-0.05, 0) is 68.3 Å². The molecule has 29 heavy (non-hydrogen) atoms. The summed E-state index contributed by atoms with van der Waals surface area (Å²) in [5, 5.41) is 4.69. The van der Waals surface area contributed by atoms with Gasteiger partial charge in [0.05, 0.1) is 4.90 Å². The number of carbonyl (C=O) groups is 1. The first-order chi connectivity index (χ1) is 13.7. The standard InChI is InChI=1S/C20H21N3O4S2/c1-13-4-7-17(12-14(13)2)27-15(3)19(24)22-16-5-8-18(9-6-16)29(25,26)23-20-21-10-11-28-20/h4-12,15H,1-3H3,(H,21,23)(H,22,24)/t15-/m0/s1.